The molecule has 1 rings (SSSR count). The highest BCUT2D eigenvalue weighted by Gasteiger charge is 2.81. The minimum Gasteiger partial charge on any atom is -0.295 e. The largest absolute Gasteiger partial charge is 0.453 e. The summed E-state index contributed by atoms with van der Waals surface area (Å²) in [6.45, 7) is 0. The molecule has 0 aromatic rings. The Morgan fingerprint density at radius 1 is 1.00 bits per heavy atom. The average molecular weight is 278 g/mol. The summed E-state index contributed by atoms with van der Waals surface area (Å²) in [4.78, 5) is 0. The van der Waals surface area contributed by atoms with Gasteiger partial charge in [-0.15, -0.1) is 0 Å². The molecule has 2 nitrogen and oxygen atoms in total. The number of hydrogen-bond donors (Lipinski definition) is 0. The van der Waals surface area contributed by atoms with Crippen LogP contribution in [-0.4, -0.2) is 30.1 Å². The van der Waals surface area contributed by atoms with Gasteiger partial charge in [-0.25, -0.2) is 8.78 Å². The maximum Gasteiger partial charge on any atom is 0.453 e. The van der Waals surface area contributed by atoms with E-state index in [4.69, 9.17) is 0 Å². The topological polar surface area (TPSA) is 18.5 Å². The molecule has 1 aliphatic heterocycles. The molecule has 0 saturated carbocycles. The maximum atomic E-state index is 12.8. The van der Waals surface area contributed by atoms with Crippen LogP contribution < -0.4 is 0 Å². The lowest BCUT2D eigenvalue weighted by Gasteiger charge is -2.31. The molecule has 0 radical (unpaired) electrons. The quantitative estimate of drug-likeness (QED) is 0.501. The van der Waals surface area contributed by atoms with Crippen LogP contribution in [0.3, 0.4) is 0 Å². The summed E-state index contributed by atoms with van der Waals surface area (Å²) >= 11 is 0. The second-order valence-corrected chi connectivity index (χ2v) is 3.63. The monoisotopic (exact) mass is 278 g/mol. The summed E-state index contributed by atoms with van der Waals surface area (Å²) < 4.78 is 104. The number of alkyl halides is 8. The van der Waals surface area contributed by atoms with Crippen molar-refractivity contribution in [2.75, 3.05) is 0 Å². The van der Waals surface area contributed by atoms with Crippen molar-refractivity contribution in [2.45, 2.75) is 30.1 Å². The molecule has 0 aliphatic carbocycles. The zero-order valence-electron chi connectivity index (χ0n) is 6.99. The Bertz CT molecular complexity index is 269. The van der Waals surface area contributed by atoms with E-state index in [1.807, 2.05) is 0 Å². The normalized spacial score (nSPS) is 35.4. The molecule has 3 unspecified atom stereocenters. The van der Waals surface area contributed by atoms with Gasteiger partial charge in [0.15, 0.2) is 0 Å². The van der Waals surface area contributed by atoms with Crippen LogP contribution in [-0.2, 0) is 9.47 Å². The van der Waals surface area contributed by atoms with Crippen molar-refractivity contribution >= 4 is 9.24 Å². The van der Waals surface area contributed by atoms with Gasteiger partial charge < -0.3 is 0 Å². The summed E-state index contributed by atoms with van der Waals surface area (Å²) in [6, 6.07) is 0. The predicted octanol–water partition coefficient (Wildman–Crippen LogP) is 2.65. The number of ether oxygens (including phenoxy) is 2. The van der Waals surface area contributed by atoms with Crippen molar-refractivity contribution in [2.24, 2.45) is 0 Å². The SMILES string of the molecule is FC1OC(C(F)(F)F)(C(F)(F)F)OC1(F)P. The summed E-state index contributed by atoms with van der Waals surface area (Å²) in [6.07, 6.45) is -15.9. The minimum atomic E-state index is -6.17. The van der Waals surface area contributed by atoms with Crippen LogP contribution in [0.15, 0.2) is 0 Å². The van der Waals surface area contributed by atoms with Crippen molar-refractivity contribution in [1.82, 2.24) is 0 Å². The van der Waals surface area contributed by atoms with Crippen molar-refractivity contribution in [1.29, 1.82) is 0 Å². The lowest BCUT2D eigenvalue weighted by Crippen LogP contribution is -2.58. The zero-order chi connectivity index (χ0) is 13.0. The van der Waals surface area contributed by atoms with Gasteiger partial charge in [0.1, 0.15) is 0 Å². The first kappa shape index (κ1) is 13.9. The number of hydrogen-bond acceptors (Lipinski definition) is 2. The van der Waals surface area contributed by atoms with E-state index in [1.54, 1.807) is 0 Å². The molecular formula is C5H3F8O2P. The van der Waals surface area contributed by atoms with E-state index < -0.39 is 30.1 Å². The molecule has 0 aromatic heterocycles. The smallest absolute Gasteiger partial charge is 0.295 e. The van der Waals surface area contributed by atoms with E-state index in [2.05, 4.69) is 9.47 Å². The van der Waals surface area contributed by atoms with Gasteiger partial charge in [0.25, 0.3) is 12.0 Å². The van der Waals surface area contributed by atoms with Crippen LogP contribution >= 0.6 is 9.24 Å². The third-order valence-electron chi connectivity index (χ3n) is 1.63. The molecule has 0 spiro atoms. The summed E-state index contributed by atoms with van der Waals surface area (Å²) in [5.41, 5.74) is -3.91. The second kappa shape index (κ2) is 3.39. The fraction of sp³-hybridized carbons (Fsp3) is 1.00. The molecule has 0 amide bonds. The molecule has 1 aliphatic rings. The molecule has 0 bridgehead atoms. The van der Waals surface area contributed by atoms with Crippen LogP contribution in [0.4, 0.5) is 35.1 Å². The highest BCUT2D eigenvalue weighted by molar-refractivity contribution is 7.18. The van der Waals surface area contributed by atoms with E-state index in [1.165, 1.54) is 0 Å². The van der Waals surface area contributed by atoms with Gasteiger partial charge in [-0.2, -0.15) is 26.3 Å². The first-order valence-electron chi connectivity index (χ1n) is 3.47. The van der Waals surface area contributed by atoms with Gasteiger partial charge >= 0.3 is 18.1 Å². The van der Waals surface area contributed by atoms with Crippen molar-refractivity contribution in [3.05, 3.63) is 0 Å². The molecule has 1 saturated heterocycles. The summed E-state index contributed by atoms with van der Waals surface area (Å²) in [5.74, 6) is -5.30. The van der Waals surface area contributed by atoms with E-state index in [0.717, 1.165) is 9.24 Å². The number of halogens is 8. The van der Waals surface area contributed by atoms with Crippen molar-refractivity contribution < 1.29 is 44.6 Å². The molecule has 16 heavy (non-hydrogen) atoms. The van der Waals surface area contributed by atoms with Crippen LogP contribution in [0.5, 0.6) is 0 Å². The first-order chi connectivity index (χ1) is 6.83. The molecular weight excluding hydrogens is 275 g/mol. The fourth-order valence-corrected chi connectivity index (χ4v) is 1.16. The van der Waals surface area contributed by atoms with Gasteiger partial charge in [0.05, 0.1) is 0 Å². The van der Waals surface area contributed by atoms with E-state index in [9.17, 15) is 35.1 Å². The molecule has 96 valence electrons. The number of rotatable bonds is 0. The minimum absolute atomic E-state index is 0.739. The van der Waals surface area contributed by atoms with Gasteiger partial charge in [-0.05, 0) is 0 Å². The Labute approximate surface area is 85.1 Å². The third kappa shape index (κ3) is 1.86. The molecule has 0 aromatic carbocycles. The van der Waals surface area contributed by atoms with Crippen LogP contribution in [0.2, 0.25) is 0 Å². The molecule has 3 atom stereocenters. The molecule has 1 fully saturated rings. The highest BCUT2D eigenvalue weighted by Crippen LogP contribution is 2.56. The zero-order valence-corrected chi connectivity index (χ0v) is 8.15. The van der Waals surface area contributed by atoms with Gasteiger partial charge in [-0.3, -0.25) is 9.47 Å². The Balaban J connectivity index is 3.22. The predicted molar refractivity (Wildman–Crippen MR) is 35.5 cm³/mol. The first-order valence-corrected chi connectivity index (χ1v) is 4.04. The molecule has 0 N–H and O–H groups in total. The lowest BCUT2D eigenvalue weighted by molar-refractivity contribution is -0.452. The van der Waals surface area contributed by atoms with Crippen molar-refractivity contribution in [3.63, 3.8) is 0 Å². The standard InChI is InChI=1S/C5H3F8O2P/c6-1-2(7,16)15-3(14-1,4(8,9)10)5(11,12)13/h1H,16H2. The van der Waals surface area contributed by atoms with Gasteiger partial charge in [0, 0.05) is 0 Å². The van der Waals surface area contributed by atoms with E-state index >= 15 is 0 Å². The van der Waals surface area contributed by atoms with Crippen molar-refractivity contribution in [3.8, 4) is 0 Å². The third-order valence-corrected chi connectivity index (χ3v) is 2.01. The summed E-state index contributed by atoms with van der Waals surface area (Å²) in [5, 5.41) is 0. The van der Waals surface area contributed by atoms with Crippen LogP contribution in [0.25, 0.3) is 0 Å². The second-order valence-electron chi connectivity index (χ2n) is 2.85. The average Bonchev–Trinajstić information content (AvgIpc) is 2.21. The van der Waals surface area contributed by atoms with Crippen LogP contribution in [0, 0.1) is 0 Å². The van der Waals surface area contributed by atoms with Crippen LogP contribution in [0.1, 0.15) is 0 Å². The Kier molecular flexibility index (Phi) is 2.94. The van der Waals surface area contributed by atoms with Gasteiger partial charge in [0.2, 0.25) is 0 Å². The Morgan fingerprint density at radius 3 is 1.50 bits per heavy atom. The van der Waals surface area contributed by atoms with E-state index in [-0.39, 0.29) is 0 Å². The highest BCUT2D eigenvalue weighted by atomic mass is 31.0. The molecule has 11 heteroatoms. The Morgan fingerprint density at radius 2 is 1.38 bits per heavy atom. The fourth-order valence-electron chi connectivity index (χ4n) is 0.927. The Hall–Kier alpha value is -0.210. The summed E-state index contributed by atoms with van der Waals surface area (Å²) in [7, 11) is 0.739. The van der Waals surface area contributed by atoms with Gasteiger partial charge in [-0.1, -0.05) is 9.24 Å². The lowest BCUT2D eigenvalue weighted by atomic mass is 10.2. The maximum absolute atomic E-state index is 12.8. The molecule has 1 heterocycles. The van der Waals surface area contributed by atoms with E-state index in [0.29, 0.717) is 0 Å².